The lowest BCUT2D eigenvalue weighted by atomic mass is 10.2. The summed E-state index contributed by atoms with van der Waals surface area (Å²) in [6, 6.07) is 23.6. The summed E-state index contributed by atoms with van der Waals surface area (Å²) in [7, 11) is 0. The fourth-order valence-electron chi connectivity index (χ4n) is 2.42. The third-order valence-corrected chi connectivity index (χ3v) is 4.49. The summed E-state index contributed by atoms with van der Waals surface area (Å²) >= 11 is 3.34. The van der Waals surface area contributed by atoms with Crippen LogP contribution in [0.3, 0.4) is 0 Å². The molecule has 0 aromatic heterocycles. The SMILES string of the molecule is O=C(COC(=O)c1cccc(OCc2ccccc2)c1)Nc1ccccc1Br. The first-order valence-electron chi connectivity index (χ1n) is 8.60. The van der Waals surface area contributed by atoms with E-state index in [9.17, 15) is 9.59 Å². The zero-order chi connectivity index (χ0) is 19.8. The molecule has 3 aromatic rings. The Labute approximate surface area is 171 Å². The van der Waals surface area contributed by atoms with Crippen molar-refractivity contribution in [2.24, 2.45) is 0 Å². The second-order valence-corrected chi connectivity index (χ2v) is 6.76. The van der Waals surface area contributed by atoms with Crippen molar-refractivity contribution in [3.05, 3.63) is 94.5 Å². The first-order valence-corrected chi connectivity index (χ1v) is 9.39. The first kappa shape index (κ1) is 19.6. The molecule has 0 bridgehead atoms. The number of para-hydroxylation sites is 1. The van der Waals surface area contributed by atoms with E-state index >= 15 is 0 Å². The fraction of sp³-hybridized carbons (Fsp3) is 0.0909. The number of anilines is 1. The lowest BCUT2D eigenvalue weighted by Gasteiger charge is -2.09. The molecule has 28 heavy (non-hydrogen) atoms. The van der Waals surface area contributed by atoms with Gasteiger partial charge in [-0.2, -0.15) is 0 Å². The normalized spacial score (nSPS) is 10.2. The van der Waals surface area contributed by atoms with Gasteiger partial charge in [0.15, 0.2) is 6.61 Å². The Balaban J connectivity index is 1.52. The van der Waals surface area contributed by atoms with Gasteiger partial charge in [-0.05, 0) is 51.8 Å². The molecule has 1 N–H and O–H groups in total. The second-order valence-electron chi connectivity index (χ2n) is 5.91. The van der Waals surface area contributed by atoms with Crippen LogP contribution in [0.4, 0.5) is 5.69 Å². The fourth-order valence-corrected chi connectivity index (χ4v) is 2.80. The average molecular weight is 440 g/mol. The van der Waals surface area contributed by atoms with E-state index in [4.69, 9.17) is 9.47 Å². The van der Waals surface area contributed by atoms with Crippen LogP contribution in [0.5, 0.6) is 5.75 Å². The van der Waals surface area contributed by atoms with Gasteiger partial charge in [0, 0.05) is 4.47 Å². The molecule has 0 radical (unpaired) electrons. The third-order valence-electron chi connectivity index (χ3n) is 3.80. The van der Waals surface area contributed by atoms with Crippen LogP contribution in [0.25, 0.3) is 0 Å². The van der Waals surface area contributed by atoms with Gasteiger partial charge >= 0.3 is 5.97 Å². The lowest BCUT2D eigenvalue weighted by Crippen LogP contribution is -2.21. The minimum atomic E-state index is -0.590. The summed E-state index contributed by atoms with van der Waals surface area (Å²) in [5.74, 6) is -0.458. The molecule has 3 rings (SSSR count). The number of nitrogens with one attached hydrogen (secondary N) is 1. The molecule has 0 aliphatic rings. The number of carbonyl (C=O) groups is 2. The number of rotatable bonds is 7. The van der Waals surface area contributed by atoms with Crippen molar-refractivity contribution in [3.63, 3.8) is 0 Å². The molecule has 142 valence electrons. The molecule has 0 unspecified atom stereocenters. The standard InChI is InChI=1S/C22H18BrNO4/c23-19-11-4-5-12-20(19)24-21(25)15-28-22(26)17-9-6-10-18(13-17)27-14-16-7-2-1-3-8-16/h1-13H,14-15H2,(H,24,25). The topological polar surface area (TPSA) is 64.6 Å². The van der Waals surface area contributed by atoms with E-state index in [1.807, 2.05) is 42.5 Å². The number of benzene rings is 3. The number of esters is 1. The molecule has 5 nitrogen and oxygen atoms in total. The average Bonchev–Trinajstić information content (AvgIpc) is 2.73. The summed E-state index contributed by atoms with van der Waals surface area (Å²) in [5.41, 5.74) is 1.96. The summed E-state index contributed by atoms with van der Waals surface area (Å²) in [4.78, 5) is 24.2. The highest BCUT2D eigenvalue weighted by molar-refractivity contribution is 9.10. The van der Waals surface area contributed by atoms with Gasteiger partial charge in [-0.25, -0.2) is 4.79 Å². The minimum Gasteiger partial charge on any atom is -0.489 e. The molecule has 0 aliphatic carbocycles. The molecular formula is C22H18BrNO4. The van der Waals surface area contributed by atoms with E-state index in [2.05, 4.69) is 21.2 Å². The van der Waals surface area contributed by atoms with Gasteiger partial charge < -0.3 is 14.8 Å². The number of halogens is 1. The largest absolute Gasteiger partial charge is 0.489 e. The van der Waals surface area contributed by atoms with Gasteiger partial charge in [0.25, 0.3) is 5.91 Å². The third kappa shape index (κ3) is 5.69. The highest BCUT2D eigenvalue weighted by Crippen LogP contribution is 2.21. The van der Waals surface area contributed by atoms with Crippen molar-refractivity contribution in [2.45, 2.75) is 6.61 Å². The van der Waals surface area contributed by atoms with Crippen molar-refractivity contribution in [3.8, 4) is 5.75 Å². The first-order chi connectivity index (χ1) is 13.6. The molecule has 0 aliphatic heterocycles. The highest BCUT2D eigenvalue weighted by Gasteiger charge is 2.12. The number of amides is 1. The molecule has 6 heteroatoms. The Hall–Kier alpha value is -3.12. The van der Waals surface area contributed by atoms with Crippen molar-refractivity contribution in [1.82, 2.24) is 0 Å². The van der Waals surface area contributed by atoms with E-state index in [0.717, 1.165) is 10.0 Å². The predicted octanol–water partition coefficient (Wildman–Crippen LogP) is 4.82. The Kier molecular flexibility index (Phi) is 6.81. The summed E-state index contributed by atoms with van der Waals surface area (Å²) in [6.45, 7) is 0.0168. The maximum Gasteiger partial charge on any atom is 0.338 e. The van der Waals surface area contributed by atoms with Gasteiger partial charge in [-0.1, -0.05) is 48.5 Å². The monoisotopic (exact) mass is 439 g/mol. The molecule has 0 spiro atoms. The van der Waals surface area contributed by atoms with E-state index in [1.165, 1.54) is 0 Å². The van der Waals surface area contributed by atoms with Gasteiger partial charge in [0.1, 0.15) is 12.4 Å². The van der Waals surface area contributed by atoms with Crippen LogP contribution in [0.2, 0.25) is 0 Å². The Bertz CT molecular complexity index is 960. The summed E-state index contributed by atoms with van der Waals surface area (Å²) < 4.78 is 11.6. The van der Waals surface area contributed by atoms with Crippen molar-refractivity contribution in [1.29, 1.82) is 0 Å². The molecular weight excluding hydrogens is 422 g/mol. The Morgan fingerprint density at radius 3 is 2.43 bits per heavy atom. The number of hydrogen-bond donors (Lipinski definition) is 1. The molecule has 0 heterocycles. The van der Waals surface area contributed by atoms with E-state index in [0.29, 0.717) is 23.6 Å². The van der Waals surface area contributed by atoms with Gasteiger partial charge in [-0.3, -0.25) is 4.79 Å². The molecule has 0 saturated heterocycles. The molecule has 0 atom stereocenters. The van der Waals surface area contributed by atoms with Gasteiger partial charge in [0.05, 0.1) is 11.3 Å². The second kappa shape index (κ2) is 9.71. The smallest absolute Gasteiger partial charge is 0.338 e. The van der Waals surface area contributed by atoms with Crippen LogP contribution in [0.1, 0.15) is 15.9 Å². The zero-order valence-corrected chi connectivity index (χ0v) is 16.5. The van der Waals surface area contributed by atoms with Crippen molar-refractivity contribution < 1.29 is 19.1 Å². The van der Waals surface area contributed by atoms with E-state index in [1.54, 1.807) is 36.4 Å². The van der Waals surface area contributed by atoms with Crippen LogP contribution in [0, 0.1) is 0 Å². The maximum absolute atomic E-state index is 12.2. The quantitative estimate of drug-likeness (QED) is 0.535. The van der Waals surface area contributed by atoms with Crippen molar-refractivity contribution in [2.75, 3.05) is 11.9 Å². The van der Waals surface area contributed by atoms with Gasteiger partial charge in [0.2, 0.25) is 0 Å². The van der Waals surface area contributed by atoms with Crippen LogP contribution >= 0.6 is 15.9 Å². The Morgan fingerprint density at radius 1 is 0.893 bits per heavy atom. The predicted molar refractivity (Wildman–Crippen MR) is 110 cm³/mol. The van der Waals surface area contributed by atoms with Gasteiger partial charge in [-0.15, -0.1) is 0 Å². The maximum atomic E-state index is 12.2. The molecule has 0 fully saturated rings. The summed E-state index contributed by atoms with van der Waals surface area (Å²) in [5, 5.41) is 2.68. The zero-order valence-electron chi connectivity index (χ0n) is 14.9. The summed E-state index contributed by atoms with van der Waals surface area (Å²) in [6.07, 6.45) is 0. The Morgan fingerprint density at radius 2 is 1.64 bits per heavy atom. The minimum absolute atomic E-state index is 0.319. The van der Waals surface area contributed by atoms with Crippen LogP contribution in [-0.2, 0) is 16.1 Å². The van der Waals surface area contributed by atoms with Crippen LogP contribution < -0.4 is 10.1 Å². The number of ether oxygens (including phenoxy) is 2. The number of carbonyl (C=O) groups excluding carboxylic acids is 2. The van der Waals surface area contributed by atoms with Crippen LogP contribution in [-0.4, -0.2) is 18.5 Å². The lowest BCUT2D eigenvalue weighted by molar-refractivity contribution is -0.119. The number of hydrogen-bond acceptors (Lipinski definition) is 4. The molecule has 3 aromatic carbocycles. The van der Waals surface area contributed by atoms with Crippen LogP contribution in [0.15, 0.2) is 83.3 Å². The molecule has 0 saturated carbocycles. The van der Waals surface area contributed by atoms with Crippen molar-refractivity contribution >= 4 is 33.5 Å². The van der Waals surface area contributed by atoms with E-state index < -0.39 is 11.9 Å². The highest BCUT2D eigenvalue weighted by atomic mass is 79.9. The van der Waals surface area contributed by atoms with E-state index in [-0.39, 0.29) is 6.61 Å². The molecule has 1 amide bonds.